The Morgan fingerprint density at radius 2 is 0.698 bits per heavy atom. The molecule has 212 valence electrons. The average Bonchev–Trinajstić information content (AvgIpc) is 3.19. The van der Waals surface area contributed by atoms with Gasteiger partial charge >= 0.3 is 0 Å². The van der Waals surface area contributed by atoms with E-state index in [0.29, 0.717) is 0 Å². The zero-order valence-corrected chi connectivity index (χ0v) is 25.1. The molecule has 0 radical (unpaired) electrons. The smallest absolute Gasteiger partial charge is 0.238 e. The van der Waals surface area contributed by atoms with Crippen LogP contribution in [-0.4, -0.2) is 6.29 Å². The molecule has 0 fully saturated rings. The predicted octanol–water partition coefficient (Wildman–Crippen LogP) is 7.62. The van der Waals surface area contributed by atoms with Crippen LogP contribution in [0.3, 0.4) is 0 Å². The minimum atomic E-state index is -0.880. The van der Waals surface area contributed by atoms with Crippen LogP contribution in [0, 0.1) is 0 Å². The van der Waals surface area contributed by atoms with Crippen molar-refractivity contribution in [3.8, 4) is 22.6 Å². The Morgan fingerprint density at radius 3 is 1.00 bits per heavy atom. The molecule has 1 aliphatic heterocycles. The molecule has 1 aliphatic rings. The van der Waals surface area contributed by atoms with Gasteiger partial charge in [-0.1, -0.05) is 153 Å². The standard InChI is InChI=1S/C38H30O2P2.CH4/c1-28-39-33-24-14-26-35(41(29-16-6-2-7-17-29)30-18-8-3-9-19-30)37(33)38-34(40-28)25-15-27-36(38)42(31-20-10-4-11-21-31)32-22-12-5-13-23-32;/h2-28H,1H3;1H4. The fourth-order valence-corrected chi connectivity index (χ4v) is 10.6. The van der Waals surface area contributed by atoms with Crippen molar-refractivity contribution in [2.75, 3.05) is 0 Å². The van der Waals surface area contributed by atoms with Crippen LogP contribution in [0.4, 0.5) is 0 Å². The van der Waals surface area contributed by atoms with Gasteiger partial charge in [0, 0.05) is 18.1 Å². The molecule has 0 amide bonds. The van der Waals surface area contributed by atoms with E-state index < -0.39 is 22.1 Å². The van der Waals surface area contributed by atoms with E-state index in [0.717, 1.165) is 22.6 Å². The van der Waals surface area contributed by atoms with Crippen LogP contribution in [0.15, 0.2) is 158 Å². The summed E-state index contributed by atoms with van der Waals surface area (Å²) in [5.41, 5.74) is 2.26. The number of hydrogen-bond donors (Lipinski definition) is 0. The summed E-state index contributed by atoms with van der Waals surface area (Å²) in [4.78, 5) is 0. The first-order chi connectivity index (χ1) is 20.8. The van der Waals surface area contributed by atoms with Crippen molar-refractivity contribution in [3.05, 3.63) is 158 Å². The number of benzene rings is 6. The van der Waals surface area contributed by atoms with Crippen LogP contribution in [-0.2, 0) is 0 Å². The second-order valence-corrected chi connectivity index (χ2v) is 14.5. The number of hydrogen-bond acceptors (Lipinski definition) is 2. The number of fused-ring (bicyclic) bond motifs is 3. The van der Waals surface area contributed by atoms with E-state index in [4.69, 9.17) is 9.47 Å². The third-order valence-corrected chi connectivity index (χ3v) is 12.4. The number of rotatable bonds is 6. The topological polar surface area (TPSA) is 18.5 Å². The van der Waals surface area contributed by atoms with Crippen LogP contribution < -0.4 is 41.3 Å². The van der Waals surface area contributed by atoms with E-state index in [9.17, 15) is 0 Å². The zero-order valence-electron chi connectivity index (χ0n) is 23.3. The summed E-state index contributed by atoms with van der Waals surface area (Å²) >= 11 is 0. The van der Waals surface area contributed by atoms with E-state index >= 15 is 0 Å². The summed E-state index contributed by atoms with van der Waals surface area (Å²) in [5.74, 6) is 1.73. The molecule has 0 spiro atoms. The molecule has 6 aromatic carbocycles. The Hall–Kier alpha value is -4.22. The Morgan fingerprint density at radius 1 is 0.395 bits per heavy atom. The van der Waals surface area contributed by atoms with Gasteiger partial charge < -0.3 is 9.47 Å². The Labute approximate surface area is 257 Å². The Bertz CT molecular complexity index is 1580. The van der Waals surface area contributed by atoms with E-state index in [1.54, 1.807) is 0 Å². The monoisotopic (exact) mass is 596 g/mol. The maximum atomic E-state index is 6.54. The lowest BCUT2D eigenvalue weighted by atomic mass is 10.0. The van der Waals surface area contributed by atoms with E-state index in [2.05, 4.69) is 158 Å². The van der Waals surface area contributed by atoms with Crippen molar-refractivity contribution in [1.29, 1.82) is 0 Å². The number of ether oxygens (including phenoxy) is 2. The molecule has 4 heteroatoms. The highest BCUT2D eigenvalue weighted by molar-refractivity contribution is 7.80. The fraction of sp³-hybridized carbons (Fsp3) is 0.0769. The molecule has 0 saturated heterocycles. The SMILES string of the molecule is C.CC1Oc2cccc(P(c3ccccc3)c3ccccc3)c2-c2c(cccc2P(c2ccccc2)c2ccccc2)O1. The fourth-order valence-electron chi connectivity index (χ4n) is 5.66. The highest BCUT2D eigenvalue weighted by Crippen LogP contribution is 2.48. The first-order valence-corrected chi connectivity index (χ1v) is 16.9. The molecule has 0 aliphatic carbocycles. The predicted molar refractivity (Wildman–Crippen MR) is 187 cm³/mol. The van der Waals surface area contributed by atoms with Gasteiger partial charge in [0.05, 0.1) is 0 Å². The first kappa shape index (κ1) is 28.9. The highest BCUT2D eigenvalue weighted by Gasteiger charge is 2.32. The molecule has 0 unspecified atom stereocenters. The van der Waals surface area contributed by atoms with Crippen LogP contribution in [0.1, 0.15) is 14.4 Å². The molecule has 2 nitrogen and oxygen atoms in total. The first-order valence-electron chi connectivity index (χ1n) is 14.2. The molecule has 1 heterocycles. The zero-order chi connectivity index (χ0) is 28.3. The molecule has 0 N–H and O–H groups in total. The Balaban J connectivity index is 0.00000329. The van der Waals surface area contributed by atoms with Crippen molar-refractivity contribution in [1.82, 2.24) is 0 Å². The second-order valence-electron chi connectivity index (χ2n) is 10.1. The molecule has 7 rings (SSSR count). The van der Waals surface area contributed by atoms with Crippen molar-refractivity contribution >= 4 is 47.7 Å². The summed E-state index contributed by atoms with van der Waals surface area (Å²) in [5, 5.41) is 7.75. The molecule has 0 atom stereocenters. The van der Waals surface area contributed by atoms with Gasteiger partial charge in [-0.3, -0.25) is 0 Å². The molecule has 0 aromatic heterocycles. The molecular formula is C39H34O2P2. The molecule has 6 aromatic rings. The van der Waals surface area contributed by atoms with E-state index in [1.165, 1.54) is 31.8 Å². The summed E-state index contributed by atoms with van der Waals surface area (Å²) in [7, 11) is -1.76. The van der Waals surface area contributed by atoms with Gasteiger partial charge in [0.1, 0.15) is 11.5 Å². The molecule has 0 bridgehead atoms. The van der Waals surface area contributed by atoms with Crippen molar-refractivity contribution in [2.24, 2.45) is 0 Å². The van der Waals surface area contributed by atoms with Crippen molar-refractivity contribution in [2.45, 2.75) is 20.6 Å². The van der Waals surface area contributed by atoms with Gasteiger partial charge in [-0.25, -0.2) is 0 Å². The second kappa shape index (κ2) is 13.0. The van der Waals surface area contributed by atoms with Gasteiger partial charge in [0.2, 0.25) is 6.29 Å². The maximum Gasteiger partial charge on any atom is 0.238 e. The normalized spacial score (nSPS) is 12.3. The third kappa shape index (κ3) is 5.74. The molecular weight excluding hydrogens is 562 g/mol. The highest BCUT2D eigenvalue weighted by atomic mass is 31.1. The van der Waals surface area contributed by atoms with Crippen LogP contribution >= 0.6 is 15.8 Å². The lowest BCUT2D eigenvalue weighted by Gasteiger charge is -2.27. The van der Waals surface area contributed by atoms with Crippen LogP contribution in [0.5, 0.6) is 11.5 Å². The third-order valence-electron chi connectivity index (χ3n) is 7.38. The van der Waals surface area contributed by atoms with Crippen LogP contribution in [0.2, 0.25) is 0 Å². The van der Waals surface area contributed by atoms with Gasteiger partial charge in [-0.2, -0.15) is 0 Å². The van der Waals surface area contributed by atoms with E-state index in [-0.39, 0.29) is 7.43 Å². The quantitative estimate of drug-likeness (QED) is 0.184. The molecule has 0 saturated carbocycles. The minimum absolute atomic E-state index is 0. The maximum absolute atomic E-state index is 6.54. The minimum Gasteiger partial charge on any atom is -0.455 e. The summed E-state index contributed by atoms with van der Waals surface area (Å²) in [6.07, 6.45) is -0.421. The summed E-state index contributed by atoms with van der Waals surface area (Å²) in [6.45, 7) is 1.98. The van der Waals surface area contributed by atoms with E-state index in [1.807, 2.05) is 6.92 Å². The Kier molecular flexibility index (Phi) is 8.71. The van der Waals surface area contributed by atoms with Gasteiger partial charge in [0.15, 0.2) is 0 Å². The lowest BCUT2D eigenvalue weighted by molar-refractivity contribution is 0.0263. The largest absolute Gasteiger partial charge is 0.455 e. The van der Waals surface area contributed by atoms with Gasteiger partial charge in [0.25, 0.3) is 0 Å². The van der Waals surface area contributed by atoms with Crippen molar-refractivity contribution < 1.29 is 9.47 Å². The van der Waals surface area contributed by atoms with Gasteiger partial charge in [-0.15, -0.1) is 0 Å². The summed E-state index contributed by atoms with van der Waals surface area (Å²) < 4.78 is 13.1. The summed E-state index contributed by atoms with van der Waals surface area (Å²) in [6, 6.07) is 56.5. The van der Waals surface area contributed by atoms with Crippen molar-refractivity contribution in [3.63, 3.8) is 0 Å². The molecule has 43 heavy (non-hydrogen) atoms. The van der Waals surface area contributed by atoms with Crippen LogP contribution in [0.25, 0.3) is 11.1 Å². The lowest BCUT2D eigenvalue weighted by Crippen LogP contribution is -2.26. The average molecular weight is 597 g/mol. The van der Waals surface area contributed by atoms with Gasteiger partial charge in [-0.05, 0) is 59.8 Å².